The highest BCUT2D eigenvalue weighted by molar-refractivity contribution is 5.18. The molecule has 0 heterocycles. The van der Waals surface area contributed by atoms with Gasteiger partial charge in [0, 0.05) is 6.54 Å². The zero-order valence-corrected chi connectivity index (χ0v) is 5.93. The van der Waals surface area contributed by atoms with E-state index in [2.05, 4.69) is 0 Å². The van der Waals surface area contributed by atoms with Crippen LogP contribution in [0.4, 0.5) is 8.78 Å². The van der Waals surface area contributed by atoms with E-state index < -0.39 is 6.17 Å². The van der Waals surface area contributed by atoms with Crippen molar-refractivity contribution in [3.05, 3.63) is 35.6 Å². The molecular formula is C8H9F2N. The third-order valence-electron chi connectivity index (χ3n) is 1.44. The number of hydrogen-bond donors (Lipinski definition) is 1. The Morgan fingerprint density at radius 1 is 1.27 bits per heavy atom. The number of rotatable bonds is 2. The summed E-state index contributed by atoms with van der Waals surface area (Å²) in [7, 11) is 0. The standard InChI is InChI=1S/C8H9F2N/c9-7-3-1-6(2-4-7)8(10)5-11/h1-4,8H,5,11H2/t8-/m1/s1. The van der Waals surface area contributed by atoms with E-state index in [4.69, 9.17) is 5.73 Å². The van der Waals surface area contributed by atoms with E-state index in [-0.39, 0.29) is 12.4 Å². The Labute approximate surface area is 63.8 Å². The van der Waals surface area contributed by atoms with Crippen LogP contribution < -0.4 is 5.73 Å². The Bertz CT molecular complexity index is 220. The van der Waals surface area contributed by atoms with E-state index in [1.54, 1.807) is 0 Å². The summed E-state index contributed by atoms with van der Waals surface area (Å²) in [6.45, 7) is -0.0639. The number of hydrogen-bond acceptors (Lipinski definition) is 1. The minimum Gasteiger partial charge on any atom is -0.327 e. The van der Waals surface area contributed by atoms with Crippen LogP contribution in [0.3, 0.4) is 0 Å². The molecular weight excluding hydrogens is 148 g/mol. The molecule has 0 aliphatic carbocycles. The van der Waals surface area contributed by atoms with Crippen LogP contribution in [0.15, 0.2) is 24.3 Å². The molecule has 0 saturated heterocycles. The van der Waals surface area contributed by atoms with Gasteiger partial charge in [0.2, 0.25) is 0 Å². The van der Waals surface area contributed by atoms with Crippen LogP contribution in [0.2, 0.25) is 0 Å². The first-order chi connectivity index (χ1) is 5.24. The van der Waals surface area contributed by atoms with Crippen LogP contribution in [0.5, 0.6) is 0 Å². The first-order valence-electron chi connectivity index (χ1n) is 3.33. The van der Waals surface area contributed by atoms with Crippen LogP contribution in [-0.4, -0.2) is 6.54 Å². The summed E-state index contributed by atoms with van der Waals surface area (Å²) in [5.41, 5.74) is 5.50. The lowest BCUT2D eigenvalue weighted by atomic mass is 10.1. The maximum Gasteiger partial charge on any atom is 0.137 e. The summed E-state index contributed by atoms with van der Waals surface area (Å²) in [5.74, 6) is -0.363. The Kier molecular flexibility index (Phi) is 2.54. The molecule has 0 aromatic heterocycles. The van der Waals surface area contributed by atoms with Crippen LogP contribution in [0.1, 0.15) is 11.7 Å². The average Bonchev–Trinajstić information content (AvgIpc) is 2.05. The summed E-state index contributed by atoms with van der Waals surface area (Å²) >= 11 is 0. The van der Waals surface area contributed by atoms with Crippen LogP contribution in [0, 0.1) is 5.82 Å². The van der Waals surface area contributed by atoms with Gasteiger partial charge in [-0.3, -0.25) is 0 Å². The molecule has 3 heteroatoms. The zero-order chi connectivity index (χ0) is 8.27. The topological polar surface area (TPSA) is 26.0 Å². The van der Waals surface area contributed by atoms with E-state index in [0.717, 1.165) is 0 Å². The van der Waals surface area contributed by atoms with E-state index in [1.807, 2.05) is 0 Å². The maximum atomic E-state index is 12.7. The number of nitrogens with two attached hydrogens (primary N) is 1. The fourth-order valence-electron chi connectivity index (χ4n) is 0.808. The Hall–Kier alpha value is -0.960. The van der Waals surface area contributed by atoms with Gasteiger partial charge in [-0.25, -0.2) is 8.78 Å². The SMILES string of the molecule is NC[C@@H](F)c1ccc(F)cc1. The molecule has 11 heavy (non-hydrogen) atoms. The van der Waals surface area contributed by atoms with Crippen molar-refractivity contribution in [3.63, 3.8) is 0 Å². The van der Waals surface area contributed by atoms with Gasteiger partial charge < -0.3 is 5.73 Å². The molecule has 2 N–H and O–H groups in total. The van der Waals surface area contributed by atoms with E-state index in [1.165, 1.54) is 24.3 Å². The summed E-state index contributed by atoms with van der Waals surface area (Å²) < 4.78 is 25.0. The number of benzene rings is 1. The van der Waals surface area contributed by atoms with E-state index >= 15 is 0 Å². The van der Waals surface area contributed by atoms with Gasteiger partial charge in [0.1, 0.15) is 12.0 Å². The number of alkyl halides is 1. The van der Waals surface area contributed by atoms with Crippen molar-refractivity contribution in [1.82, 2.24) is 0 Å². The third-order valence-corrected chi connectivity index (χ3v) is 1.44. The first kappa shape index (κ1) is 8.14. The van der Waals surface area contributed by atoms with Crippen molar-refractivity contribution in [2.75, 3.05) is 6.54 Å². The third kappa shape index (κ3) is 1.98. The molecule has 1 atom stereocenters. The molecule has 1 aromatic carbocycles. The van der Waals surface area contributed by atoms with Gasteiger partial charge in [0.25, 0.3) is 0 Å². The largest absolute Gasteiger partial charge is 0.327 e. The van der Waals surface area contributed by atoms with Crippen LogP contribution in [-0.2, 0) is 0 Å². The van der Waals surface area contributed by atoms with Crippen molar-refractivity contribution in [2.24, 2.45) is 5.73 Å². The Morgan fingerprint density at radius 3 is 2.27 bits per heavy atom. The van der Waals surface area contributed by atoms with Crippen molar-refractivity contribution in [1.29, 1.82) is 0 Å². The summed E-state index contributed by atoms with van der Waals surface area (Å²) in [5, 5.41) is 0. The lowest BCUT2D eigenvalue weighted by Crippen LogP contribution is -2.07. The maximum absolute atomic E-state index is 12.7. The minimum absolute atomic E-state index is 0.0639. The Morgan fingerprint density at radius 2 is 1.82 bits per heavy atom. The smallest absolute Gasteiger partial charge is 0.137 e. The summed E-state index contributed by atoms with van der Waals surface area (Å²) in [6, 6.07) is 5.23. The quantitative estimate of drug-likeness (QED) is 0.695. The zero-order valence-electron chi connectivity index (χ0n) is 5.93. The van der Waals surface area contributed by atoms with Crippen molar-refractivity contribution in [3.8, 4) is 0 Å². The van der Waals surface area contributed by atoms with Gasteiger partial charge in [-0.05, 0) is 17.7 Å². The lowest BCUT2D eigenvalue weighted by molar-refractivity contribution is 0.352. The van der Waals surface area contributed by atoms with Gasteiger partial charge in [0.15, 0.2) is 0 Å². The molecule has 0 radical (unpaired) electrons. The predicted molar refractivity (Wildman–Crippen MR) is 39.3 cm³/mol. The highest BCUT2D eigenvalue weighted by Gasteiger charge is 2.05. The van der Waals surface area contributed by atoms with Gasteiger partial charge in [0.05, 0.1) is 0 Å². The van der Waals surface area contributed by atoms with E-state index in [0.29, 0.717) is 5.56 Å². The molecule has 0 aliphatic heterocycles. The van der Waals surface area contributed by atoms with Crippen molar-refractivity contribution >= 4 is 0 Å². The second-order valence-electron chi connectivity index (χ2n) is 2.25. The van der Waals surface area contributed by atoms with Gasteiger partial charge in [-0.15, -0.1) is 0 Å². The fourth-order valence-corrected chi connectivity index (χ4v) is 0.808. The van der Waals surface area contributed by atoms with Gasteiger partial charge >= 0.3 is 0 Å². The van der Waals surface area contributed by atoms with Gasteiger partial charge in [-0.2, -0.15) is 0 Å². The molecule has 1 rings (SSSR count). The molecule has 0 unspecified atom stereocenters. The molecule has 0 amide bonds. The molecule has 60 valence electrons. The Balaban J connectivity index is 2.81. The van der Waals surface area contributed by atoms with Crippen molar-refractivity contribution < 1.29 is 8.78 Å². The predicted octanol–water partition coefficient (Wildman–Crippen LogP) is 1.79. The molecule has 1 aromatic rings. The van der Waals surface area contributed by atoms with Crippen molar-refractivity contribution in [2.45, 2.75) is 6.17 Å². The molecule has 0 bridgehead atoms. The summed E-state index contributed by atoms with van der Waals surface area (Å²) in [4.78, 5) is 0. The monoisotopic (exact) mass is 157 g/mol. The van der Waals surface area contributed by atoms with Gasteiger partial charge in [-0.1, -0.05) is 12.1 Å². The normalized spacial score (nSPS) is 13.0. The highest BCUT2D eigenvalue weighted by atomic mass is 19.1. The molecule has 0 saturated carbocycles. The first-order valence-corrected chi connectivity index (χ1v) is 3.33. The minimum atomic E-state index is -1.18. The number of halogens is 2. The molecule has 0 spiro atoms. The molecule has 0 aliphatic rings. The van der Waals surface area contributed by atoms with Crippen LogP contribution >= 0.6 is 0 Å². The average molecular weight is 157 g/mol. The fraction of sp³-hybridized carbons (Fsp3) is 0.250. The second kappa shape index (κ2) is 3.44. The highest BCUT2D eigenvalue weighted by Crippen LogP contribution is 2.15. The lowest BCUT2D eigenvalue weighted by Gasteiger charge is -2.03. The molecule has 0 fully saturated rings. The molecule has 1 nitrogen and oxygen atoms in total. The second-order valence-corrected chi connectivity index (χ2v) is 2.25. The van der Waals surface area contributed by atoms with Crippen LogP contribution in [0.25, 0.3) is 0 Å². The van der Waals surface area contributed by atoms with E-state index in [9.17, 15) is 8.78 Å². The summed E-state index contributed by atoms with van der Waals surface area (Å²) in [6.07, 6.45) is -1.18.